The van der Waals surface area contributed by atoms with Gasteiger partial charge in [-0.25, -0.2) is 9.97 Å². The van der Waals surface area contributed by atoms with Crippen LogP contribution in [0.4, 0.5) is 0 Å². The normalized spacial score (nSPS) is 20.4. The lowest BCUT2D eigenvalue weighted by Crippen LogP contribution is -2.13. The molecule has 0 aliphatic carbocycles. The molecule has 108 valence electrons. The molecule has 6 heteroatoms. The minimum absolute atomic E-state index is 0.227. The van der Waals surface area contributed by atoms with E-state index in [4.69, 9.17) is 5.26 Å². The van der Waals surface area contributed by atoms with E-state index in [-0.39, 0.29) is 5.92 Å². The van der Waals surface area contributed by atoms with Gasteiger partial charge >= 0.3 is 0 Å². The molecule has 0 amide bonds. The molecule has 5 nitrogen and oxygen atoms in total. The van der Waals surface area contributed by atoms with Crippen molar-refractivity contribution in [3.63, 3.8) is 0 Å². The number of H-pyrrole nitrogens is 1. The first-order valence-corrected chi connectivity index (χ1v) is 8.45. The molecule has 0 fully saturated rings. The third-order valence-electron chi connectivity index (χ3n) is 3.57. The lowest BCUT2D eigenvalue weighted by Gasteiger charge is -2.22. The Morgan fingerprint density at radius 3 is 3.14 bits per heavy atom. The number of nitriles is 1. The average Bonchev–Trinajstić information content (AvgIpc) is 3.15. The lowest BCUT2D eigenvalue weighted by molar-refractivity contribution is 0.633. The van der Waals surface area contributed by atoms with Gasteiger partial charge in [-0.1, -0.05) is 13.3 Å². The summed E-state index contributed by atoms with van der Waals surface area (Å²) >= 11 is 0. The summed E-state index contributed by atoms with van der Waals surface area (Å²) in [5.74, 6) is 0.227. The Balaban J connectivity index is 1.98. The van der Waals surface area contributed by atoms with Crippen LogP contribution in [0.25, 0.3) is 11.0 Å². The summed E-state index contributed by atoms with van der Waals surface area (Å²) in [6.07, 6.45) is 7.91. The quantitative estimate of drug-likeness (QED) is 0.655. The van der Waals surface area contributed by atoms with Gasteiger partial charge in [0.2, 0.25) is 0 Å². The SMILES string of the molecule is CCC[C@@H](CC#N)C1=NC=C[SH]1c1ncnc2[nH]ccc12. The van der Waals surface area contributed by atoms with Crippen molar-refractivity contribution >= 4 is 27.0 Å². The largest absolute Gasteiger partial charge is 0.346 e. The molecular weight excluding hydrogens is 282 g/mol. The lowest BCUT2D eigenvalue weighted by atomic mass is 10.0. The Kier molecular flexibility index (Phi) is 4.02. The van der Waals surface area contributed by atoms with E-state index in [1.165, 1.54) is 0 Å². The molecule has 21 heavy (non-hydrogen) atoms. The van der Waals surface area contributed by atoms with Crippen molar-refractivity contribution in [1.29, 1.82) is 5.26 Å². The van der Waals surface area contributed by atoms with Gasteiger partial charge in [0.15, 0.2) is 0 Å². The summed E-state index contributed by atoms with van der Waals surface area (Å²) in [5.41, 5.74) is 0.856. The Morgan fingerprint density at radius 2 is 2.33 bits per heavy atom. The number of nitrogens with one attached hydrogen (secondary N) is 1. The van der Waals surface area contributed by atoms with E-state index in [9.17, 15) is 0 Å². The molecule has 1 aliphatic rings. The van der Waals surface area contributed by atoms with Crippen molar-refractivity contribution in [2.45, 2.75) is 31.2 Å². The summed E-state index contributed by atoms with van der Waals surface area (Å²) in [4.78, 5) is 16.4. The standard InChI is InChI=1S/C15H17N5S/c1-2-3-11(4-6-16)14-18-8-9-21(14)15-12-5-7-17-13(12)19-10-20-15/h5,7-11,21H,2-4H2,1H3,(H,17,19,20)/t11-/m0/s1. The van der Waals surface area contributed by atoms with Crippen LogP contribution in [0.5, 0.6) is 0 Å². The van der Waals surface area contributed by atoms with E-state index < -0.39 is 10.9 Å². The zero-order valence-corrected chi connectivity index (χ0v) is 12.7. The zero-order chi connectivity index (χ0) is 14.7. The highest BCUT2D eigenvalue weighted by Gasteiger charge is 2.26. The number of nitrogens with zero attached hydrogens (tertiary/aromatic N) is 4. The van der Waals surface area contributed by atoms with Crippen LogP contribution in [0.3, 0.4) is 0 Å². The van der Waals surface area contributed by atoms with Crippen LogP contribution in [0.1, 0.15) is 26.2 Å². The minimum Gasteiger partial charge on any atom is -0.346 e. The Labute approximate surface area is 126 Å². The van der Waals surface area contributed by atoms with Crippen LogP contribution in [0.15, 0.2) is 40.2 Å². The molecular formula is C15H17N5S. The van der Waals surface area contributed by atoms with Gasteiger partial charge < -0.3 is 4.98 Å². The highest BCUT2D eigenvalue weighted by molar-refractivity contribution is 8.32. The molecule has 3 heterocycles. The highest BCUT2D eigenvalue weighted by Crippen LogP contribution is 2.47. The molecule has 2 aromatic rings. The predicted octanol–water partition coefficient (Wildman–Crippen LogP) is 3.53. The number of thiol groups is 1. The van der Waals surface area contributed by atoms with Crippen LogP contribution >= 0.6 is 10.9 Å². The van der Waals surface area contributed by atoms with Gasteiger partial charge in [0.25, 0.3) is 0 Å². The number of hydrogen-bond acceptors (Lipinski definition) is 4. The number of aliphatic imine (C=N–C) groups is 1. The fourth-order valence-electron chi connectivity index (χ4n) is 2.63. The second-order valence-electron chi connectivity index (χ2n) is 4.94. The van der Waals surface area contributed by atoms with Gasteiger partial charge in [0.05, 0.1) is 16.1 Å². The number of rotatable bonds is 5. The van der Waals surface area contributed by atoms with Crippen LogP contribution in [-0.4, -0.2) is 20.0 Å². The molecule has 3 rings (SSSR count). The molecule has 1 N–H and O–H groups in total. The molecule has 1 unspecified atom stereocenters. The maximum absolute atomic E-state index is 9.07. The summed E-state index contributed by atoms with van der Waals surface area (Å²) in [7, 11) is -0.693. The smallest absolute Gasteiger partial charge is 0.141 e. The van der Waals surface area contributed by atoms with Crippen LogP contribution in [0.2, 0.25) is 0 Å². The summed E-state index contributed by atoms with van der Waals surface area (Å²) in [6.45, 7) is 2.14. The monoisotopic (exact) mass is 299 g/mol. The summed E-state index contributed by atoms with van der Waals surface area (Å²) in [6, 6.07) is 4.31. The van der Waals surface area contributed by atoms with Gasteiger partial charge in [-0.2, -0.15) is 5.26 Å². The van der Waals surface area contributed by atoms with Crippen molar-refractivity contribution in [1.82, 2.24) is 15.0 Å². The van der Waals surface area contributed by atoms with Gasteiger partial charge in [-0.3, -0.25) is 4.99 Å². The number of hydrogen-bond donors (Lipinski definition) is 2. The van der Waals surface area contributed by atoms with Crippen molar-refractivity contribution < 1.29 is 0 Å². The molecule has 0 saturated carbocycles. The molecule has 0 radical (unpaired) electrons. The Bertz CT molecular complexity index is 740. The summed E-state index contributed by atoms with van der Waals surface area (Å²) in [5, 5.41) is 14.4. The Morgan fingerprint density at radius 1 is 1.43 bits per heavy atom. The minimum atomic E-state index is -0.693. The van der Waals surface area contributed by atoms with Gasteiger partial charge in [0, 0.05) is 30.1 Å². The number of fused-ring (bicyclic) bond motifs is 1. The molecule has 1 aliphatic heterocycles. The molecule has 0 aromatic carbocycles. The third kappa shape index (κ3) is 2.57. The van der Waals surface area contributed by atoms with Gasteiger partial charge in [-0.05, 0) is 17.9 Å². The fourth-order valence-corrected chi connectivity index (χ4v) is 4.76. The van der Waals surface area contributed by atoms with Crippen molar-refractivity contribution in [3.05, 3.63) is 30.2 Å². The topological polar surface area (TPSA) is 77.7 Å². The summed E-state index contributed by atoms with van der Waals surface area (Å²) < 4.78 is 0. The van der Waals surface area contributed by atoms with E-state index in [2.05, 4.69) is 38.3 Å². The second-order valence-corrected chi connectivity index (χ2v) is 6.86. The predicted molar refractivity (Wildman–Crippen MR) is 86.3 cm³/mol. The van der Waals surface area contributed by atoms with E-state index in [1.54, 1.807) is 6.33 Å². The van der Waals surface area contributed by atoms with Gasteiger partial charge in [-0.15, -0.1) is 10.9 Å². The van der Waals surface area contributed by atoms with Crippen LogP contribution in [0, 0.1) is 17.2 Å². The molecule has 0 saturated heterocycles. The van der Waals surface area contributed by atoms with Crippen molar-refractivity contribution in [2.24, 2.45) is 10.9 Å². The van der Waals surface area contributed by atoms with Crippen LogP contribution < -0.4 is 0 Å². The fraction of sp³-hybridized carbons (Fsp3) is 0.333. The number of aromatic amines is 1. The van der Waals surface area contributed by atoms with Crippen LogP contribution in [-0.2, 0) is 0 Å². The molecule has 2 atom stereocenters. The third-order valence-corrected chi connectivity index (χ3v) is 5.79. The highest BCUT2D eigenvalue weighted by atomic mass is 32.2. The van der Waals surface area contributed by atoms with E-state index in [0.29, 0.717) is 6.42 Å². The van der Waals surface area contributed by atoms with E-state index >= 15 is 0 Å². The molecule has 0 bridgehead atoms. The number of aromatic nitrogens is 3. The van der Waals surface area contributed by atoms with Crippen molar-refractivity contribution in [2.75, 3.05) is 0 Å². The molecule has 2 aromatic heterocycles. The first kappa shape index (κ1) is 13.8. The van der Waals surface area contributed by atoms with Crippen molar-refractivity contribution in [3.8, 4) is 6.07 Å². The zero-order valence-electron chi connectivity index (χ0n) is 11.8. The molecule has 0 spiro atoms. The maximum Gasteiger partial charge on any atom is 0.141 e. The van der Waals surface area contributed by atoms with Gasteiger partial charge in [0.1, 0.15) is 12.0 Å². The van der Waals surface area contributed by atoms with E-state index in [1.807, 2.05) is 18.5 Å². The second kappa shape index (κ2) is 6.10. The first-order chi connectivity index (χ1) is 10.3. The average molecular weight is 299 g/mol. The van der Waals surface area contributed by atoms with E-state index in [0.717, 1.165) is 33.9 Å². The Hall–Kier alpha value is -2.13. The maximum atomic E-state index is 9.07. The first-order valence-electron chi connectivity index (χ1n) is 7.03.